The van der Waals surface area contributed by atoms with E-state index < -0.39 is 35.6 Å². The number of nitrogens with zero attached hydrogens (tertiary/aromatic N) is 2. The number of hydrogen-bond donors (Lipinski definition) is 0. The van der Waals surface area contributed by atoms with Gasteiger partial charge >= 0.3 is 12.4 Å². The molecule has 0 amide bonds. The molecule has 0 saturated carbocycles. The van der Waals surface area contributed by atoms with Gasteiger partial charge in [0, 0.05) is 6.20 Å². The van der Waals surface area contributed by atoms with Crippen LogP contribution in [-0.4, -0.2) is 4.57 Å². The second-order valence-electron chi connectivity index (χ2n) is 3.23. The lowest BCUT2D eigenvalue weighted by molar-refractivity contribution is -0.144. The minimum absolute atomic E-state index is 0.0750. The van der Waals surface area contributed by atoms with Gasteiger partial charge in [-0.1, -0.05) is 0 Å². The molecule has 1 aromatic heterocycles. The third-order valence-corrected chi connectivity index (χ3v) is 1.96. The molecule has 0 saturated heterocycles. The number of aromatic nitrogens is 1. The van der Waals surface area contributed by atoms with Gasteiger partial charge in [-0.15, -0.1) is 0 Å². The zero-order valence-corrected chi connectivity index (χ0v) is 8.43. The quantitative estimate of drug-likeness (QED) is 0.735. The van der Waals surface area contributed by atoms with Gasteiger partial charge < -0.3 is 4.57 Å². The van der Waals surface area contributed by atoms with Crippen molar-refractivity contribution in [2.45, 2.75) is 18.9 Å². The van der Waals surface area contributed by atoms with Crippen LogP contribution in [0.2, 0.25) is 0 Å². The first-order chi connectivity index (χ1) is 8.07. The fourth-order valence-corrected chi connectivity index (χ4v) is 1.19. The van der Waals surface area contributed by atoms with E-state index in [-0.39, 0.29) is 16.8 Å². The summed E-state index contributed by atoms with van der Waals surface area (Å²) >= 11 is 0. The molecule has 0 aliphatic rings. The lowest BCUT2D eigenvalue weighted by Crippen LogP contribution is -2.30. The van der Waals surface area contributed by atoms with Gasteiger partial charge in [0.25, 0.3) is 5.56 Å². The van der Waals surface area contributed by atoms with Crippen LogP contribution in [0.3, 0.4) is 0 Å². The average molecular weight is 270 g/mol. The summed E-state index contributed by atoms with van der Waals surface area (Å²) in [5.41, 5.74) is -5.27. The Kier molecular flexibility index (Phi) is 3.41. The number of nitriles is 1. The van der Waals surface area contributed by atoms with Crippen molar-refractivity contribution >= 4 is 0 Å². The van der Waals surface area contributed by atoms with Crippen molar-refractivity contribution in [1.29, 1.82) is 5.26 Å². The summed E-state index contributed by atoms with van der Waals surface area (Å²) in [5, 5.41) is 8.26. The molecule has 1 aromatic rings. The van der Waals surface area contributed by atoms with Crippen LogP contribution in [0.25, 0.3) is 0 Å². The summed E-state index contributed by atoms with van der Waals surface area (Å²) in [7, 11) is 0. The van der Waals surface area contributed by atoms with E-state index in [1.165, 1.54) is 6.07 Å². The maximum atomic E-state index is 12.4. The maximum Gasteiger partial charge on any atom is 0.421 e. The molecule has 0 atom stereocenters. The Labute approximate surface area is 95.9 Å². The van der Waals surface area contributed by atoms with Crippen LogP contribution in [0.1, 0.15) is 11.1 Å². The Hall–Kier alpha value is -1.98. The monoisotopic (exact) mass is 270 g/mol. The molecule has 0 aliphatic heterocycles. The summed E-state index contributed by atoms with van der Waals surface area (Å²) in [6.07, 6.45) is -10.1. The van der Waals surface area contributed by atoms with Crippen molar-refractivity contribution < 1.29 is 26.3 Å². The maximum absolute atomic E-state index is 12.4. The lowest BCUT2D eigenvalue weighted by atomic mass is 10.2. The average Bonchev–Trinajstić information content (AvgIpc) is 2.17. The van der Waals surface area contributed by atoms with Crippen molar-refractivity contribution in [3.8, 4) is 6.07 Å². The van der Waals surface area contributed by atoms with Crippen LogP contribution in [0.5, 0.6) is 0 Å². The third kappa shape index (κ3) is 2.82. The largest absolute Gasteiger partial charge is 0.421 e. The zero-order valence-electron chi connectivity index (χ0n) is 8.43. The first kappa shape index (κ1) is 14.1. The smallest absolute Gasteiger partial charge is 0.301 e. The van der Waals surface area contributed by atoms with Gasteiger partial charge in [0.1, 0.15) is 12.1 Å². The summed E-state index contributed by atoms with van der Waals surface area (Å²) in [6.45, 7) is -0.897. The highest BCUT2D eigenvalue weighted by Crippen LogP contribution is 2.33. The lowest BCUT2D eigenvalue weighted by Gasteiger charge is -2.13. The predicted molar refractivity (Wildman–Crippen MR) is 46.3 cm³/mol. The van der Waals surface area contributed by atoms with Gasteiger partial charge in [-0.2, -0.15) is 31.6 Å². The van der Waals surface area contributed by atoms with Gasteiger partial charge in [-0.05, 0) is 6.07 Å². The molecule has 0 N–H and O–H groups in total. The Balaban J connectivity index is 3.59. The van der Waals surface area contributed by atoms with Crippen molar-refractivity contribution in [1.82, 2.24) is 4.57 Å². The fourth-order valence-electron chi connectivity index (χ4n) is 1.19. The molecule has 3 nitrogen and oxygen atoms in total. The molecule has 0 spiro atoms. The van der Waals surface area contributed by atoms with E-state index in [0.29, 0.717) is 0 Å². The highest BCUT2D eigenvalue weighted by molar-refractivity contribution is 5.24. The van der Waals surface area contributed by atoms with Crippen molar-refractivity contribution in [2.24, 2.45) is 0 Å². The van der Waals surface area contributed by atoms with Gasteiger partial charge in [-0.25, -0.2) is 0 Å². The number of rotatable bonds is 1. The van der Waals surface area contributed by atoms with E-state index >= 15 is 0 Å². The second kappa shape index (κ2) is 4.36. The van der Waals surface area contributed by atoms with Crippen LogP contribution in [-0.2, 0) is 18.9 Å². The van der Waals surface area contributed by atoms with Crippen molar-refractivity contribution in [3.05, 3.63) is 33.7 Å². The van der Waals surface area contributed by atoms with Crippen LogP contribution in [0.15, 0.2) is 17.1 Å². The molecule has 0 aromatic carbocycles. The highest BCUT2D eigenvalue weighted by atomic mass is 19.4. The van der Waals surface area contributed by atoms with E-state index in [9.17, 15) is 31.1 Å². The fraction of sp³-hybridized carbons (Fsp3) is 0.333. The summed E-state index contributed by atoms with van der Waals surface area (Å²) in [4.78, 5) is 11.2. The molecule has 98 valence electrons. The van der Waals surface area contributed by atoms with Gasteiger partial charge in [0.05, 0.1) is 11.6 Å². The van der Waals surface area contributed by atoms with Gasteiger partial charge in [0.2, 0.25) is 0 Å². The van der Waals surface area contributed by atoms with Crippen LogP contribution in [0, 0.1) is 11.3 Å². The van der Waals surface area contributed by atoms with Gasteiger partial charge in [0.15, 0.2) is 0 Å². The zero-order chi connectivity index (χ0) is 14.1. The van der Waals surface area contributed by atoms with Crippen molar-refractivity contribution in [2.75, 3.05) is 0 Å². The van der Waals surface area contributed by atoms with E-state index in [2.05, 4.69) is 0 Å². The molecular formula is C9H4F6N2O. The number of halogens is 6. The molecule has 0 fully saturated rings. The third-order valence-electron chi connectivity index (χ3n) is 1.96. The summed E-state index contributed by atoms with van der Waals surface area (Å²) < 4.78 is 74.2. The molecule has 1 heterocycles. The molecule has 9 heteroatoms. The van der Waals surface area contributed by atoms with Gasteiger partial charge in [-0.3, -0.25) is 4.79 Å². The molecule has 0 unspecified atom stereocenters. The summed E-state index contributed by atoms with van der Waals surface area (Å²) in [6, 6.07) is 1.04. The molecular weight excluding hydrogens is 266 g/mol. The number of pyridine rings is 1. The Morgan fingerprint density at radius 1 is 1.17 bits per heavy atom. The number of alkyl halides is 6. The summed E-state index contributed by atoms with van der Waals surface area (Å²) in [5.74, 6) is 0. The van der Waals surface area contributed by atoms with E-state index in [0.717, 1.165) is 0 Å². The first-order valence-electron chi connectivity index (χ1n) is 4.33. The highest BCUT2D eigenvalue weighted by Gasteiger charge is 2.39. The molecule has 18 heavy (non-hydrogen) atoms. The Morgan fingerprint density at radius 2 is 1.72 bits per heavy atom. The van der Waals surface area contributed by atoms with Crippen LogP contribution < -0.4 is 5.56 Å². The molecule has 1 rings (SSSR count). The van der Waals surface area contributed by atoms with E-state index in [4.69, 9.17) is 5.26 Å². The standard InChI is InChI=1S/C9H4F6N2O/c10-8(11,12)5-3-6(9(13,14)15)7(18)17(4-5)2-1-16/h3-4H,2H2. The Bertz CT molecular complexity index is 548. The first-order valence-corrected chi connectivity index (χ1v) is 4.33. The second-order valence-corrected chi connectivity index (χ2v) is 3.23. The van der Waals surface area contributed by atoms with E-state index in [1.54, 1.807) is 0 Å². The topological polar surface area (TPSA) is 45.8 Å². The minimum Gasteiger partial charge on any atom is -0.301 e. The SMILES string of the molecule is N#CCn1cc(C(F)(F)F)cc(C(F)(F)F)c1=O. The Morgan fingerprint density at radius 3 is 2.11 bits per heavy atom. The predicted octanol–water partition coefficient (Wildman–Crippen LogP) is 2.41. The molecule has 0 radical (unpaired) electrons. The minimum atomic E-state index is -5.21. The normalized spacial score (nSPS) is 12.3. The van der Waals surface area contributed by atoms with E-state index in [1.807, 2.05) is 0 Å². The number of hydrogen-bond acceptors (Lipinski definition) is 2. The van der Waals surface area contributed by atoms with Crippen molar-refractivity contribution in [3.63, 3.8) is 0 Å². The van der Waals surface area contributed by atoms with Crippen LogP contribution in [0.4, 0.5) is 26.3 Å². The van der Waals surface area contributed by atoms with Crippen LogP contribution >= 0.6 is 0 Å². The molecule has 0 aliphatic carbocycles. The molecule has 0 bridgehead atoms.